The molecule has 2 aromatic heterocycles. The van der Waals surface area contributed by atoms with Crippen molar-refractivity contribution in [3.8, 4) is 0 Å². The van der Waals surface area contributed by atoms with Crippen molar-refractivity contribution in [3.63, 3.8) is 0 Å². The molecular formula is C16H23N7O. The van der Waals surface area contributed by atoms with Gasteiger partial charge in [0, 0.05) is 58.3 Å². The lowest BCUT2D eigenvalue weighted by Crippen LogP contribution is -2.47. The summed E-state index contributed by atoms with van der Waals surface area (Å²) in [5.41, 5.74) is 0. The highest BCUT2D eigenvalue weighted by Gasteiger charge is 2.20. The fourth-order valence-electron chi connectivity index (χ4n) is 2.68. The third-order valence-corrected chi connectivity index (χ3v) is 3.88. The lowest BCUT2D eigenvalue weighted by Gasteiger charge is -2.35. The van der Waals surface area contributed by atoms with Crippen molar-refractivity contribution in [3.05, 3.63) is 30.4 Å². The number of hydrogen-bond donors (Lipinski definition) is 1. The van der Waals surface area contributed by atoms with Crippen LogP contribution in [0.4, 0.5) is 17.6 Å². The van der Waals surface area contributed by atoms with E-state index >= 15 is 0 Å². The van der Waals surface area contributed by atoms with E-state index in [1.54, 1.807) is 19.5 Å². The van der Waals surface area contributed by atoms with Crippen molar-refractivity contribution in [1.29, 1.82) is 0 Å². The summed E-state index contributed by atoms with van der Waals surface area (Å²) >= 11 is 0. The van der Waals surface area contributed by atoms with E-state index in [1.807, 2.05) is 19.1 Å². The number of rotatable bonds is 6. The van der Waals surface area contributed by atoms with Crippen molar-refractivity contribution in [2.45, 2.75) is 6.92 Å². The molecule has 8 nitrogen and oxygen atoms in total. The Hall–Kier alpha value is -2.48. The van der Waals surface area contributed by atoms with E-state index in [4.69, 9.17) is 4.74 Å². The minimum Gasteiger partial charge on any atom is -0.383 e. The fourth-order valence-corrected chi connectivity index (χ4v) is 2.68. The Morgan fingerprint density at radius 2 is 1.79 bits per heavy atom. The van der Waals surface area contributed by atoms with Crippen molar-refractivity contribution in [2.75, 3.05) is 61.6 Å². The maximum atomic E-state index is 5.06. The second kappa shape index (κ2) is 7.87. The molecule has 1 fully saturated rings. The third kappa shape index (κ3) is 4.08. The largest absolute Gasteiger partial charge is 0.383 e. The van der Waals surface area contributed by atoms with Gasteiger partial charge in [-0.25, -0.2) is 19.9 Å². The van der Waals surface area contributed by atoms with Gasteiger partial charge in [-0.2, -0.15) is 0 Å². The highest BCUT2D eigenvalue weighted by Crippen LogP contribution is 2.19. The van der Waals surface area contributed by atoms with Crippen LogP contribution in [0.2, 0.25) is 0 Å². The quantitative estimate of drug-likeness (QED) is 0.785. The molecule has 0 atom stereocenters. The predicted octanol–water partition coefficient (Wildman–Crippen LogP) is 0.960. The number of nitrogens with zero attached hydrogens (tertiary/aromatic N) is 6. The molecule has 0 spiro atoms. The molecule has 1 N–H and O–H groups in total. The Kier molecular flexibility index (Phi) is 5.37. The summed E-state index contributed by atoms with van der Waals surface area (Å²) in [6, 6.07) is 3.83. The van der Waals surface area contributed by atoms with Gasteiger partial charge in [0.25, 0.3) is 0 Å². The Morgan fingerprint density at radius 3 is 2.50 bits per heavy atom. The van der Waals surface area contributed by atoms with Gasteiger partial charge in [0.15, 0.2) is 0 Å². The number of ether oxygens (including phenoxy) is 1. The Bertz CT molecular complexity index is 644. The summed E-state index contributed by atoms with van der Waals surface area (Å²) in [6.45, 7) is 6.80. The van der Waals surface area contributed by atoms with Gasteiger partial charge in [-0.05, 0) is 13.0 Å². The molecule has 0 unspecified atom stereocenters. The topological polar surface area (TPSA) is 79.3 Å². The predicted molar refractivity (Wildman–Crippen MR) is 93.6 cm³/mol. The van der Waals surface area contributed by atoms with Gasteiger partial charge in [0.05, 0.1) is 6.61 Å². The molecule has 0 amide bonds. The normalized spacial score (nSPS) is 14.8. The molecule has 0 aromatic carbocycles. The first kappa shape index (κ1) is 16.4. The first-order valence-corrected chi connectivity index (χ1v) is 8.11. The molecule has 0 saturated carbocycles. The first-order chi connectivity index (χ1) is 11.8. The van der Waals surface area contributed by atoms with Crippen molar-refractivity contribution in [1.82, 2.24) is 19.9 Å². The number of hydrogen-bond acceptors (Lipinski definition) is 8. The average Bonchev–Trinajstić information content (AvgIpc) is 2.62. The fraction of sp³-hybridized carbons (Fsp3) is 0.500. The SMILES string of the molecule is COCCNc1cc(N2CCN(c3ncccn3)CC2)nc(C)n1. The van der Waals surface area contributed by atoms with Gasteiger partial charge < -0.3 is 19.9 Å². The average molecular weight is 329 g/mol. The van der Waals surface area contributed by atoms with E-state index in [0.29, 0.717) is 6.61 Å². The van der Waals surface area contributed by atoms with Gasteiger partial charge >= 0.3 is 0 Å². The zero-order chi connectivity index (χ0) is 16.8. The maximum absolute atomic E-state index is 5.06. The van der Waals surface area contributed by atoms with Crippen LogP contribution in [0.3, 0.4) is 0 Å². The summed E-state index contributed by atoms with van der Waals surface area (Å²) in [4.78, 5) is 22.1. The van der Waals surface area contributed by atoms with Gasteiger partial charge in [-0.3, -0.25) is 0 Å². The molecule has 8 heteroatoms. The molecular weight excluding hydrogens is 306 g/mol. The second-order valence-electron chi connectivity index (χ2n) is 5.60. The molecule has 3 rings (SSSR count). The van der Waals surface area contributed by atoms with Crippen molar-refractivity contribution >= 4 is 17.6 Å². The standard InChI is InChI=1S/C16H23N7O/c1-13-20-14(17-6-11-24-2)12-15(21-13)22-7-9-23(10-8-22)16-18-4-3-5-19-16/h3-5,12H,6-11H2,1-2H3,(H,17,20,21). The molecule has 2 aromatic rings. The highest BCUT2D eigenvalue weighted by molar-refractivity contribution is 5.50. The van der Waals surface area contributed by atoms with E-state index in [-0.39, 0.29) is 0 Å². The van der Waals surface area contributed by atoms with Gasteiger partial charge in [-0.1, -0.05) is 0 Å². The van der Waals surface area contributed by atoms with Crippen molar-refractivity contribution < 1.29 is 4.74 Å². The van der Waals surface area contributed by atoms with Crippen LogP contribution in [0, 0.1) is 6.92 Å². The molecule has 24 heavy (non-hydrogen) atoms. The first-order valence-electron chi connectivity index (χ1n) is 8.11. The van der Waals surface area contributed by atoms with Crippen LogP contribution in [0.25, 0.3) is 0 Å². The zero-order valence-electron chi connectivity index (χ0n) is 14.1. The van der Waals surface area contributed by atoms with Crippen LogP contribution in [-0.4, -0.2) is 66.4 Å². The minimum atomic E-state index is 0.647. The van der Waals surface area contributed by atoms with Crippen LogP contribution in [0.5, 0.6) is 0 Å². The molecule has 0 bridgehead atoms. The molecule has 0 radical (unpaired) electrons. The molecule has 128 valence electrons. The number of nitrogens with one attached hydrogen (secondary N) is 1. The zero-order valence-corrected chi connectivity index (χ0v) is 14.1. The van der Waals surface area contributed by atoms with E-state index in [9.17, 15) is 0 Å². The number of anilines is 3. The Balaban J connectivity index is 1.63. The van der Waals surface area contributed by atoms with Crippen LogP contribution < -0.4 is 15.1 Å². The minimum absolute atomic E-state index is 0.647. The molecule has 1 aliphatic rings. The van der Waals surface area contributed by atoms with Gasteiger partial charge in [0.2, 0.25) is 5.95 Å². The number of aromatic nitrogens is 4. The Morgan fingerprint density at radius 1 is 1.08 bits per heavy atom. The van der Waals surface area contributed by atoms with Crippen LogP contribution in [0.15, 0.2) is 24.5 Å². The number of methoxy groups -OCH3 is 1. The van der Waals surface area contributed by atoms with E-state index in [1.165, 1.54) is 0 Å². The smallest absolute Gasteiger partial charge is 0.225 e. The number of piperazine rings is 1. The Labute approximate surface area is 141 Å². The monoisotopic (exact) mass is 329 g/mol. The summed E-state index contributed by atoms with van der Waals surface area (Å²) < 4.78 is 5.06. The van der Waals surface area contributed by atoms with E-state index in [0.717, 1.165) is 56.1 Å². The lowest BCUT2D eigenvalue weighted by molar-refractivity contribution is 0.210. The third-order valence-electron chi connectivity index (χ3n) is 3.88. The maximum Gasteiger partial charge on any atom is 0.225 e. The van der Waals surface area contributed by atoms with Gasteiger partial charge in [0.1, 0.15) is 17.5 Å². The molecule has 3 heterocycles. The van der Waals surface area contributed by atoms with Gasteiger partial charge in [-0.15, -0.1) is 0 Å². The van der Waals surface area contributed by atoms with E-state index in [2.05, 4.69) is 35.1 Å². The van der Waals surface area contributed by atoms with Crippen molar-refractivity contribution in [2.24, 2.45) is 0 Å². The summed E-state index contributed by atoms with van der Waals surface area (Å²) in [6.07, 6.45) is 3.56. The summed E-state index contributed by atoms with van der Waals surface area (Å²) in [7, 11) is 1.69. The molecule has 1 saturated heterocycles. The second-order valence-corrected chi connectivity index (χ2v) is 5.60. The van der Waals surface area contributed by atoms with Crippen LogP contribution in [0.1, 0.15) is 5.82 Å². The van der Waals surface area contributed by atoms with Crippen LogP contribution >= 0.6 is 0 Å². The molecule has 1 aliphatic heterocycles. The highest BCUT2D eigenvalue weighted by atomic mass is 16.5. The van der Waals surface area contributed by atoms with Crippen LogP contribution in [-0.2, 0) is 4.74 Å². The summed E-state index contributed by atoms with van der Waals surface area (Å²) in [5, 5.41) is 3.27. The summed E-state index contributed by atoms with van der Waals surface area (Å²) in [5.74, 6) is 3.35. The molecule has 0 aliphatic carbocycles. The lowest BCUT2D eigenvalue weighted by atomic mass is 10.3. The number of aryl methyl sites for hydroxylation is 1. The van der Waals surface area contributed by atoms with E-state index < -0.39 is 0 Å².